The van der Waals surface area contributed by atoms with E-state index >= 15 is 0 Å². The Morgan fingerprint density at radius 1 is 1.00 bits per heavy atom. The molecule has 0 unspecified atom stereocenters. The quantitative estimate of drug-likeness (QED) is 0.646. The maximum Gasteiger partial charge on any atom is 0.320 e. The van der Waals surface area contributed by atoms with Gasteiger partial charge in [0, 0.05) is 25.9 Å². The minimum atomic E-state index is -0.455. The zero-order chi connectivity index (χ0) is 15.7. The van der Waals surface area contributed by atoms with Gasteiger partial charge in [-0.25, -0.2) is 0 Å². The van der Waals surface area contributed by atoms with E-state index in [1.165, 1.54) is 0 Å². The molecule has 0 aromatic rings. The lowest BCUT2D eigenvalue weighted by atomic mass is 10.1. The fraction of sp³-hybridized carbons (Fsp3) is 0.929. The van der Waals surface area contributed by atoms with Crippen LogP contribution < -0.4 is 0 Å². The molecule has 0 aliphatic carbocycles. The SMILES string of the molecule is CC1(CCN(CCC2(C)N=N2)CC(=O)OC(C)(C)C)N=N1. The van der Waals surface area contributed by atoms with Crippen molar-refractivity contribution in [3.05, 3.63) is 0 Å². The number of ether oxygens (including phenoxy) is 1. The van der Waals surface area contributed by atoms with Crippen LogP contribution in [0.1, 0.15) is 47.5 Å². The van der Waals surface area contributed by atoms with Crippen LogP contribution in [-0.4, -0.2) is 47.4 Å². The predicted octanol–water partition coefficient (Wildman–Crippen LogP) is 2.77. The average Bonchev–Trinajstić information content (AvgIpc) is 3.22. The van der Waals surface area contributed by atoms with Gasteiger partial charge < -0.3 is 4.74 Å². The molecule has 2 heterocycles. The zero-order valence-electron chi connectivity index (χ0n) is 13.6. The van der Waals surface area contributed by atoms with Crippen molar-refractivity contribution in [1.29, 1.82) is 0 Å². The first-order chi connectivity index (χ1) is 9.59. The summed E-state index contributed by atoms with van der Waals surface area (Å²) in [5.74, 6) is -0.202. The molecule has 0 atom stereocenters. The van der Waals surface area contributed by atoms with Gasteiger partial charge in [-0.15, -0.1) is 0 Å². The van der Waals surface area contributed by atoms with E-state index < -0.39 is 5.60 Å². The van der Waals surface area contributed by atoms with Gasteiger partial charge in [-0.2, -0.15) is 20.5 Å². The number of carbonyl (C=O) groups excluding carboxylic acids is 1. The average molecular weight is 295 g/mol. The fourth-order valence-corrected chi connectivity index (χ4v) is 1.94. The second kappa shape index (κ2) is 5.44. The molecule has 0 aromatic heterocycles. The molecule has 7 nitrogen and oxygen atoms in total. The molecule has 7 heteroatoms. The molecule has 0 saturated heterocycles. The van der Waals surface area contributed by atoms with E-state index in [1.807, 2.05) is 34.6 Å². The Kier molecular flexibility index (Phi) is 4.15. The van der Waals surface area contributed by atoms with Crippen LogP contribution in [0.3, 0.4) is 0 Å². The van der Waals surface area contributed by atoms with E-state index in [0.29, 0.717) is 0 Å². The molecule has 0 aromatic carbocycles. The second-order valence-electron chi connectivity index (χ2n) is 7.20. The summed E-state index contributed by atoms with van der Waals surface area (Å²) >= 11 is 0. The predicted molar refractivity (Wildman–Crippen MR) is 78.0 cm³/mol. The molecule has 0 N–H and O–H groups in total. The number of carbonyl (C=O) groups is 1. The van der Waals surface area contributed by atoms with Gasteiger partial charge in [0.25, 0.3) is 0 Å². The molecule has 118 valence electrons. The highest BCUT2D eigenvalue weighted by Gasteiger charge is 2.36. The van der Waals surface area contributed by atoms with Gasteiger partial charge in [0.05, 0.1) is 6.54 Å². The Balaban J connectivity index is 1.79. The molecule has 0 radical (unpaired) electrons. The third-order valence-electron chi connectivity index (χ3n) is 3.46. The van der Waals surface area contributed by atoms with Gasteiger partial charge in [-0.05, 0) is 34.6 Å². The van der Waals surface area contributed by atoms with Crippen LogP contribution in [0.5, 0.6) is 0 Å². The molecule has 0 bridgehead atoms. The summed E-state index contributed by atoms with van der Waals surface area (Å²) in [6.45, 7) is 11.4. The van der Waals surface area contributed by atoms with Crippen molar-refractivity contribution in [2.24, 2.45) is 20.5 Å². The molecule has 0 amide bonds. The van der Waals surface area contributed by atoms with Gasteiger partial charge in [0.15, 0.2) is 11.3 Å². The lowest BCUT2D eigenvalue weighted by Gasteiger charge is -2.25. The van der Waals surface area contributed by atoms with Crippen LogP contribution >= 0.6 is 0 Å². The van der Waals surface area contributed by atoms with Crippen LogP contribution in [0.15, 0.2) is 20.5 Å². The highest BCUT2D eigenvalue weighted by Crippen LogP contribution is 2.32. The van der Waals surface area contributed by atoms with E-state index in [9.17, 15) is 4.79 Å². The second-order valence-corrected chi connectivity index (χ2v) is 7.20. The van der Waals surface area contributed by atoms with Gasteiger partial charge >= 0.3 is 5.97 Å². The van der Waals surface area contributed by atoms with Gasteiger partial charge in [0.1, 0.15) is 5.60 Å². The standard InChI is InChI=1S/C14H25N5O2/c1-12(2,3)21-11(20)10-19(8-6-13(4)15-16-13)9-7-14(5)17-18-14/h6-10H2,1-5H3. The third-order valence-corrected chi connectivity index (χ3v) is 3.46. The number of nitrogens with zero attached hydrogens (tertiary/aromatic N) is 5. The molecule has 2 rings (SSSR count). The number of hydrogen-bond acceptors (Lipinski definition) is 7. The number of esters is 1. The Morgan fingerprint density at radius 2 is 1.43 bits per heavy atom. The van der Waals surface area contributed by atoms with Crippen molar-refractivity contribution < 1.29 is 9.53 Å². The monoisotopic (exact) mass is 295 g/mol. The highest BCUT2D eigenvalue weighted by molar-refractivity contribution is 5.72. The van der Waals surface area contributed by atoms with E-state index in [4.69, 9.17) is 4.74 Å². The van der Waals surface area contributed by atoms with Gasteiger partial charge in [0.2, 0.25) is 0 Å². The van der Waals surface area contributed by atoms with E-state index in [-0.39, 0.29) is 23.8 Å². The first-order valence-corrected chi connectivity index (χ1v) is 7.42. The van der Waals surface area contributed by atoms with Crippen LogP contribution in [0.25, 0.3) is 0 Å². The van der Waals surface area contributed by atoms with Crippen molar-refractivity contribution in [3.63, 3.8) is 0 Å². The van der Waals surface area contributed by atoms with Crippen molar-refractivity contribution >= 4 is 5.97 Å². The summed E-state index contributed by atoms with van der Waals surface area (Å²) in [4.78, 5) is 14.1. The van der Waals surface area contributed by atoms with Gasteiger partial charge in [-0.3, -0.25) is 9.69 Å². The highest BCUT2D eigenvalue weighted by atomic mass is 16.6. The van der Waals surface area contributed by atoms with Crippen molar-refractivity contribution in [2.75, 3.05) is 19.6 Å². The minimum absolute atomic E-state index is 0.202. The first-order valence-electron chi connectivity index (χ1n) is 7.42. The van der Waals surface area contributed by atoms with Gasteiger partial charge in [-0.1, -0.05) is 0 Å². The molecule has 0 spiro atoms. The molecule has 0 saturated carbocycles. The third kappa shape index (κ3) is 5.87. The summed E-state index contributed by atoms with van der Waals surface area (Å²) in [5.41, 5.74) is -0.947. The summed E-state index contributed by atoms with van der Waals surface area (Å²) in [5, 5.41) is 16.0. The molecule has 2 aliphatic heterocycles. The molecule has 21 heavy (non-hydrogen) atoms. The lowest BCUT2D eigenvalue weighted by Crippen LogP contribution is -2.38. The maximum atomic E-state index is 12.0. The molecular weight excluding hydrogens is 270 g/mol. The normalized spacial score (nSPS) is 20.7. The number of rotatable bonds is 8. The number of hydrogen-bond donors (Lipinski definition) is 0. The summed E-state index contributed by atoms with van der Waals surface area (Å²) < 4.78 is 5.39. The van der Waals surface area contributed by atoms with E-state index in [1.54, 1.807) is 0 Å². The Bertz CT molecular complexity index is 426. The van der Waals surface area contributed by atoms with Crippen LogP contribution in [-0.2, 0) is 9.53 Å². The smallest absolute Gasteiger partial charge is 0.320 e. The molecular formula is C14H25N5O2. The van der Waals surface area contributed by atoms with Crippen LogP contribution in [0, 0.1) is 0 Å². The summed E-state index contributed by atoms with van der Waals surface area (Å²) in [6.07, 6.45) is 1.64. The largest absolute Gasteiger partial charge is 0.459 e. The maximum absolute atomic E-state index is 12.0. The summed E-state index contributed by atoms with van der Waals surface area (Å²) in [6, 6.07) is 0. The van der Waals surface area contributed by atoms with Crippen LogP contribution in [0.2, 0.25) is 0 Å². The first kappa shape index (κ1) is 16.0. The lowest BCUT2D eigenvalue weighted by molar-refractivity contribution is -0.156. The van der Waals surface area contributed by atoms with E-state index in [0.717, 1.165) is 25.9 Å². The Labute approximate surface area is 125 Å². The minimum Gasteiger partial charge on any atom is -0.459 e. The molecule has 2 aliphatic rings. The van der Waals surface area contributed by atoms with Crippen molar-refractivity contribution in [3.8, 4) is 0 Å². The van der Waals surface area contributed by atoms with E-state index in [2.05, 4.69) is 25.4 Å². The Morgan fingerprint density at radius 3 is 1.76 bits per heavy atom. The van der Waals surface area contributed by atoms with Crippen molar-refractivity contribution in [1.82, 2.24) is 4.90 Å². The summed E-state index contributed by atoms with van der Waals surface area (Å²) in [7, 11) is 0. The molecule has 0 fully saturated rings. The Hall–Kier alpha value is -1.37. The van der Waals surface area contributed by atoms with Crippen molar-refractivity contribution in [2.45, 2.75) is 64.4 Å². The topological polar surface area (TPSA) is 79.0 Å². The fourth-order valence-electron chi connectivity index (χ4n) is 1.94. The zero-order valence-corrected chi connectivity index (χ0v) is 13.6. The van der Waals surface area contributed by atoms with Crippen LogP contribution in [0.4, 0.5) is 0 Å².